The fourth-order valence-corrected chi connectivity index (χ4v) is 0.912. The van der Waals surface area contributed by atoms with Crippen LogP contribution in [0.1, 0.15) is 6.92 Å². The topological polar surface area (TPSA) is 81.0 Å². The standard InChI is InChI=1S/C7H15NO4/c1-6(7(11)12)8(2-4-9)3-5-10/h6,9-10H,2-5H2,1H3,(H,11,12)/t6-/m1/s1. The molecule has 0 aromatic rings. The summed E-state index contributed by atoms with van der Waals surface area (Å²) in [4.78, 5) is 12.0. The van der Waals surface area contributed by atoms with Gasteiger partial charge in [-0.3, -0.25) is 9.69 Å². The molecule has 0 rings (SSSR count). The first kappa shape index (κ1) is 11.4. The van der Waals surface area contributed by atoms with E-state index < -0.39 is 12.0 Å². The molecule has 0 aromatic carbocycles. The summed E-state index contributed by atoms with van der Waals surface area (Å²) in [5.74, 6) is -0.947. The van der Waals surface area contributed by atoms with E-state index in [1.54, 1.807) is 0 Å². The van der Waals surface area contributed by atoms with Gasteiger partial charge in [-0.25, -0.2) is 0 Å². The number of aliphatic hydroxyl groups excluding tert-OH is 2. The summed E-state index contributed by atoms with van der Waals surface area (Å²) in [6.07, 6.45) is 0. The highest BCUT2D eigenvalue weighted by molar-refractivity contribution is 5.72. The van der Waals surface area contributed by atoms with Crippen LogP contribution in [0.15, 0.2) is 0 Å². The molecule has 0 aliphatic carbocycles. The van der Waals surface area contributed by atoms with Crippen LogP contribution >= 0.6 is 0 Å². The lowest BCUT2D eigenvalue weighted by atomic mass is 10.3. The molecule has 5 nitrogen and oxygen atoms in total. The maximum atomic E-state index is 10.5. The average Bonchev–Trinajstić information content (AvgIpc) is 2.03. The predicted molar refractivity (Wildman–Crippen MR) is 42.8 cm³/mol. The van der Waals surface area contributed by atoms with Crippen molar-refractivity contribution >= 4 is 5.97 Å². The Kier molecular flexibility index (Phi) is 5.61. The zero-order valence-electron chi connectivity index (χ0n) is 7.10. The molecular formula is C7H15NO4. The smallest absolute Gasteiger partial charge is 0.320 e. The number of rotatable bonds is 6. The molecular weight excluding hydrogens is 162 g/mol. The van der Waals surface area contributed by atoms with E-state index in [1.807, 2.05) is 0 Å². The van der Waals surface area contributed by atoms with Gasteiger partial charge in [0.1, 0.15) is 6.04 Å². The van der Waals surface area contributed by atoms with Crippen LogP contribution in [0.2, 0.25) is 0 Å². The van der Waals surface area contributed by atoms with E-state index >= 15 is 0 Å². The van der Waals surface area contributed by atoms with Crippen LogP contribution in [-0.4, -0.2) is 58.5 Å². The summed E-state index contributed by atoms with van der Waals surface area (Å²) < 4.78 is 0. The fourth-order valence-electron chi connectivity index (χ4n) is 0.912. The van der Waals surface area contributed by atoms with E-state index in [2.05, 4.69) is 0 Å². The van der Waals surface area contributed by atoms with Crippen LogP contribution < -0.4 is 0 Å². The number of carboxylic acids is 1. The van der Waals surface area contributed by atoms with Crippen LogP contribution in [0.4, 0.5) is 0 Å². The van der Waals surface area contributed by atoms with Crippen LogP contribution in [-0.2, 0) is 4.79 Å². The van der Waals surface area contributed by atoms with E-state index in [9.17, 15) is 4.79 Å². The third-order valence-electron chi connectivity index (χ3n) is 1.68. The molecule has 3 N–H and O–H groups in total. The lowest BCUT2D eigenvalue weighted by Crippen LogP contribution is -2.42. The molecule has 0 unspecified atom stereocenters. The first-order chi connectivity index (χ1) is 5.63. The van der Waals surface area contributed by atoms with Crippen molar-refractivity contribution in [3.63, 3.8) is 0 Å². The van der Waals surface area contributed by atoms with Crippen molar-refractivity contribution in [2.75, 3.05) is 26.3 Å². The SMILES string of the molecule is C[C@H](C(=O)O)N(CCO)CCO. The third kappa shape index (κ3) is 3.66. The fraction of sp³-hybridized carbons (Fsp3) is 0.857. The molecule has 72 valence electrons. The second-order valence-electron chi connectivity index (χ2n) is 2.50. The monoisotopic (exact) mass is 177 g/mol. The number of nitrogens with zero attached hydrogens (tertiary/aromatic N) is 1. The highest BCUT2D eigenvalue weighted by Gasteiger charge is 2.18. The van der Waals surface area contributed by atoms with E-state index in [0.29, 0.717) is 0 Å². The summed E-state index contributed by atoms with van der Waals surface area (Å²) >= 11 is 0. The number of carboxylic acid groups (broad SMARTS) is 1. The molecule has 0 saturated carbocycles. The highest BCUT2D eigenvalue weighted by Crippen LogP contribution is 1.97. The Labute approximate surface area is 71.2 Å². The summed E-state index contributed by atoms with van der Waals surface area (Å²) in [6.45, 7) is 1.87. The normalized spacial score (nSPS) is 13.3. The van der Waals surface area contributed by atoms with Crippen molar-refractivity contribution in [1.82, 2.24) is 4.90 Å². The molecule has 0 amide bonds. The van der Waals surface area contributed by atoms with Gasteiger partial charge in [-0.1, -0.05) is 0 Å². The lowest BCUT2D eigenvalue weighted by molar-refractivity contribution is -0.142. The van der Waals surface area contributed by atoms with Crippen LogP contribution in [0.5, 0.6) is 0 Å². The molecule has 0 aromatic heterocycles. The summed E-state index contributed by atoms with van der Waals surface area (Å²) in [5, 5.41) is 25.8. The highest BCUT2D eigenvalue weighted by atomic mass is 16.4. The maximum Gasteiger partial charge on any atom is 0.320 e. The van der Waals surface area contributed by atoms with Crippen molar-refractivity contribution in [1.29, 1.82) is 0 Å². The Morgan fingerprint density at radius 2 is 1.75 bits per heavy atom. The van der Waals surface area contributed by atoms with Gasteiger partial charge in [-0.05, 0) is 6.92 Å². The van der Waals surface area contributed by atoms with Crippen molar-refractivity contribution < 1.29 is 20.1 Å². The quantitative estimate of drug-likeness (QED) is 0.472. The molecule has 0 spiro atoms. The summed E-state index contributed by atoms with van der Waals surface area (Å²) in [6, 6.07) is -0.663. The molecule has 12 heavy (non-hydrogen) atoms. The Bertz CT molecular complexity index is 133. The van der Waals surface area contributed by atoms with Crippen molar-refractivity contribution in [2.45, 2.75) is 13.0 Å². The van der Waals surface area contributed by atoms with E-state index in [1.165, 1.54) is 11.8 Å². The van der Waals surface area contributed by atoms with Gasteiger partial charge < -0.3 is 15.3 Å². The van der Waals surface area contributed by atoms with Crippen LogP contribution in [0.3, 0.4) is 0 Å². The number of aliphatic carboxylic acids is 1. The minimum absolute atomic E-state index is 0.0996. The van der Waals surface area contributed by atoms with Gasteiger partial charge in [0.2, 0.25) is 0 Å². The van der Waals surface area contributed by atoms with Gasteiger partial charge in [0, 0.05) is 13.1 Å². The first-order valence-electron chi connectivity index (χ1n) is 3.82. The third-order valence-corrected chi connectivity index (χ3v) is 1.68. The molecule has 0 bridgehead atoms. The summed E-state index contributed by atoms with van der Waals surface area (Å²) in [5.41, 5.74) is 0. The van der Waals surface area contributed by atoms with E-state index in [4.69, 9.17) is 15.3 Å². The molecule has 5 heteroatoms. The Morgan fingerprint density at radius 1 is 1.33 bits per heavy atom. The van der Waals surface area contributed by atoms with Crippen molar-refractivity contribution in [3.05, 3.63) is 0 Å². The van der Waals surface area contributed by atoms with Gasteiger partial charge in [-0.15, -0.1) is 0 Å². The van der Waals surface area contributed by atoms with Gasteiger partial charge in [0.05, 0.1) is 13.2 Å². The average molecular weight is 177 g/mol. The summed E-state index contributed by atoms with van der Waals surface area (Å²) in [7, 11) is 0. The Hall–Kier alpha value is -0.650. The van der Waals surface area contributed by atoms with Crippen molar-refractivity contribution in [3.8, 4) is 0 Å². The minimum atomic E-state index is -0.947. The molecule has 0 heterocycles. The number of aliphatic hydroxyl groups is 2. The van der Waals surface area contributed by atoms with E-state index in [0.717, 1.165) is 0 Å². The molecule has 0 aliphatic rings. The minimum Gasteiger partial charge on any atom is -0.480 e. The second kappa shape index (κ2) is 5.93. The maximum absolute atomic E-state index is 10.5. The van der Waals surface area contributed by atoms with Gasteiger partial charge in [-0.2, -0.15) is 0 Å². The predicted octanol–water partition coefficient (Wildman–Crippen LogP) is -1.25. The molecule has 0 radical (unpaired) electrons. The van der Waals surface area contributed by atoms with Gasteiger partial charge >= 0.3 is 5.97 Å². The van der Waals surface area contributed by atoms with Gasteiger partial charge in [0.25, 0.3) is 0 Å². The van der Waals surface area contributed by atoms with Crippen LogP contribution in [0, 0.1) is 0 Å². The Morgan fingerprint density at radius 3 is 2.00 bits per heavy atom. The zero-order chi connectivity index (χ0) is 9.56. The molecule has 0 fully saturated rings. The number of hydrogen-bond acceptors (Lipinski definition) is 4. The number of hydrogen-bond donors (Lipinski definition) is 3. The van der Waals surface area contributed by atoms with E-state index in [-0.39, 0.29) is 26.3 Å². The van der Waals surface area contributed by atoms with Gasteiger partial charge in [0.15, 0.2) is 0 Å². The lowest BCUT2D eigenvalue weighted by Gasteiger charge is -2.23. The Balaban J connectivity index is 3.98. The first-order valence-corrected chi connectivity index (χ1v) is 3.82. The van der Waals surface area contributed by atoms with Crippen LogP contribution in [0.25, 0.3) is 0 Å². The van der Waals surface area contributed by atoms with Crippen molar-refractivity contribution in [2.24, 2.45) is 0 Å². The molecule has 1 atom stereocenters. The number of carbonyl (C=O) groups is 1. The molecule has 0 aliphatic heterocycles. The second-order valence-corrected chi connectivity index (χ2v) is 2.50. The zero-order valence-corrected chi connectivity index (χ0v) is 7.10. The largest absolute Gasteiger partial charge is 0.480 e. The molecule has 0 saturated heterocycles.